The number of nitrogens with zero attached hydrogens (tertiary/aromatic N) is 2. The van der Waals surface area contributed by atoms with Crippen molar-refractivity contribution in [1.82, 2.24) is 4.90 Å². The molecule has 21 heavy (non-hydrogen) atoms. The van der Waals surface area contributed by atoms with Gasteiger partial charge in [0.2, 0.25) is 0 Å². The fourth-order valence-electron chi connectivity index (χ4n) is 2.64. The molecule has 0 bridgehead atoms. The van der Waals surface area contributed by atoms with Crippen LogP contribution in [0.1, 0.15) is 42.6 Å². The summed E-state index contributed by atoms with van der Waals surface area (Å²) >= 11 is 0. The van der Waals surface area contributed by atoms with Gasteiger partial charge >= 0.3 is 12.0 Å². The standard InChI is InChI=1S/C16H22N2O3/c1-3-5-9-17(4-2)16(21)18-10-8-12-11-13(15(19)20)6-7-14(12)18/h6-7,11H,3-5,8-10H2,1-2H3,(H,19,20). The van der Waals surface area contributed by atoms with E-state index in [0.717, 1.165) is 30.6 Å². The van der Waals surface area contributed by atoms with Crippen LogP contribution in [0.15, 0.2) is 18.2 Å². The summed E-state index contributed by atoms with van der Waals surface area (Å²) in [6.07, 6.45) is 2.77. The number of urea groups is 1. The minimum Gasteiger partial charge on any atom is -0.478 e. The number of carbonyl (C=O) groups excluding carboxylic acids is 1. The number of carboxylic acid groups (broad SMARTS) is 1. The lowest BCUT2D eigenvalue weighted by atomic mass is 10.1. The Morgan fingerprint density at radius 1 is 1.33 bits per heavy atom. The summed E-state index contributed by atoms with van der Waals surface area (Å²) < 4.78 is 0. The molecule has 0 unspecified atom stereocenters. The summed E-state index contributed by atoms with van der Waals surface area (Å²) in [6.45, 7) is 6.18. The molecule has 5 heteroatoms. The van der Waals surface area contributed by atoms with E-state index in [1.165, 1.54) is 0 Å². The van der Waals surface area contributed by atoms with Crippen LogP contribution in [0.25, 0.3) is 0 Å². The first-order valence-electron chi connectivity index (χ1n) is 7.51. The van der Waals surface area contributed by atoms with Gasteiger partial charge in [-0.2, -0.15) is 0 Å². The van der Waals surface area contributed by atoms with Gasteiger partial charge in [-0.15, -0.1) is 0 Å². The molecule has 0 aromatic heterocycles. The normalized spacial score (nSPS) is 13.1. The number of hydrogen-bond acceptors (Lipinski definition) is 2. The van der Waals surface area contributed by atoms with Crippen LogP contribution >= 0.6 is 0 Å². The highest BCUT2D eigenvalue weighted by Gasteiger charge is 2.28. The number of fused-ring (bicyclic) bond motifs is 1. The Morgan fingerprint density at radius 2 is 2.10 bits per heavy atom. The molecular formula is C16H22N2O3. The first-order chi connectivity index (χ1) is 10.1. The molecule has 0 fully saturated rings. The molecular weight excluding hydrogens is 268 g/mol. The third-order valence-corrected chi connectivity index (χ3v) is 3.89. The van der Waals surface area contributed by atoms with Crippen molar-refractivity contribution in [3.05, 3.63) is 29.3 Å². The number of anilines is 1. The number of hydrogen-bond donors (Lipinski definition) is 1. The van der Waals surface area contributed by atoms with Gasteiger partial charge in [0.25, 0.3) is 0 Å². The molecule has 2 amide bonds. The number of carboxylic acids is 1. The van der Waals surface area contributed by atoms with Gasteiger partial charge in [0, 0.05) is 25.3 Å². The van der Waals surface area contributed by atoms with Crippen LogP contribution in [0.2, 0.25) is 0 Å². The number of unbranched alkanes of at least 4 members (excludes halogenated alkanes) is 1. The van der Waals surface area contributed by atoms with Crippen LogP contribution in [0, 0.1) is 0 Å². The monoisotopic (exact) mass is 290 g/mol. The lowest BCUT2D eigenvalue weighted by Crippen LogP contribution is -2.42. The zero-order valence-corrected chi connectivity index (χ0v) is 12.6. The molecule has 0 radical (unpaired) electrons. The highest BCUT2D eigenvalue weighted by molar-refractivity contribution is 5.96. The largest absolute Gasteiger partial charge is 0.478 e. The molecule has 0 aliphatic carbocycles. The molecule has 1 N–H and O–H groups in total. The molecule has 5 nitrogen and oxygen atoms in total. The Balaban J connectivity index is 2.18. The highest BCUT2D eigenvalue weighted by Crippen LogP contribution is 2.29. The van der Waals surface area contributed by atoms with Crippen LogP contribution in [0.4, 0.5) is 10.5 Å². The predicted molar refractivity (Wildman–Crippen MR) is 82.0 cm³/mol. The van der Waals surface area contributed by atoms with E-state index in [1.807, 2.05) is 11.8 Å². The summed E-state index contributed by atoms with van der Waals surface area (Å²) in [5.74, 6) is -0.930. The molecule has 1 aliphatic rings. The van der Waals surface area contributed by atoms with Gasteiger partial charge < -0.3 is 10.0 Å². The zero-order valence-electron chi connectivity index (χ0n) is 12.6. The lowest BCUT2D eigenvalue weighted by molar-refractivity contribution is 0.0697. The Morgan fingerprint density at radius 3 is 2.71 bits per heavy atom. The molecule has 1 heterocycles. The lowest BCUT2D eigenvalue weighted by Gasteiger charge is -2.27. The number of carbonyl (C=O) groups is 2. The van der Waals surface area contributed by atoms with Crippen LogP contribution in [-0.4, -0.2) is 41.6 Å². The summed E-state index contributed by atoms with van der Waals surface area (Å²) in [5.41, 5.74) is 2.07. The van der Waals surface area contributed by atoms with Gasteiger partial charge in [-0.1, -0.05) is 13.3 Å². The predicted octanol–water partition coefficient (Wildman–Crippen LogP) is 2.99. The maximum Gasteiger partial charge on any atom is 0.335 e. The maximum atomic E-state index is 12.6. The SMILES string of the molecule is CCCCN(CC)C(=O)N1CCc2cc(C(=O)O)ccc21. The molecule has 1 aromatic carbocycles. The van der Waals surface area contributed by atoms with Crippen molar-refractivity contribution < 1.29 is 14.7 Å². The summed E-state index contributed by atoms with van der Waals surface area (Å²) in [5, 5.41) is 9.03. The fourth-order valence-corrected chi connectivity index (χ4v) is 2.64. The summed E-state index contributed by atoms with van der Waals surface area (Å²) in [4.78, 5) is 27.2. The van der Waals surface area contributed by atoms with Crippen LogP contribution in [0.3, 0.4) is 0 Å². The van der Waals surface area contributed by atoms with E-state index in [2.05, 4.69) is 6.92 Å². The minimum absolute atomic E-state index is 0.0211. The third-order valence-electron chi connectivity index (χ3n) is 3.89. The topological polar surface area (TPSA) is 60.9 Å². The van der Waals surface area contributed by atoms with Gasteiger partial charge in [0.15, 0.2) is 0 Å². The molecule has 1 aliphatic heterocycles. The molecule has 114 valence electrons. The van der Waals surface area contributed by atoms with Crippen molar-refractivity contribution in [1.29, 1.82) is 0 Å². The molecule has 0 atom stereocenters. The van der Waals surface area contributed by atoms with E-state index in [4.69, 9.17) is 5.11 Å². The molecule has 0 saturated carbocycles. The quantitative estimate of drug-likeness (QED) is 0.906. The Bertz CT molecular complexity index is 542. The Kier molecular flexibility index (Phi) is 4.83. The van der Waals surface area contributed by atoms with Crippen LogP contribution in [-0.2, 0) is 6.42 Å². The second-order valence-electron chi connectivity index (χ2n) is 5.27. The van der Waals surface area contributed by atoms with Crippen molar-refractivity contribution >= 4 is 17.7 Å². The van der Waals surface area contributed by atoms with Crippen LogP contribution in [0.5, 0.6) is 0 Å². The minimum atomic E-state index is -0.930. The van der Waals surface area contributed by atoms with E-state index in [-0.39, 0.29) is 11.6 Å². The van der Waals surface area contributed by atoms with Gasteiger partial charge in [-0.25, -0.2) is 9.59 Å². The van der Waals surface area contributed by atoms with Crippen molar-refractivity contribution in [3.8, 4) is 0 Å². The van der Waals surface area contributed by atoms with E-state index in [9.17, 15) is 9.59 Å². The fraction of sp³-hybridized carbons (Fsp3) is 0.500. The van der Waals surface area contributed by atoms with E-state index in [1.54, 1.807) is 23.1 Å². The second kappa shape index (κ2) is 6.61. The molecule has 2 rings (SSSR count). The molecule has 0 saturated heterocycles. The summed E-state index contributed by atoms with van der Waals surface area (Å²) in [7, 11) is 0. The highest BCUT2D eigenvalue weighted by atomic mass is 16.4. The maximum absolute atomic E-state index is 12.6. The van der Waals surface area contributed by atoms with E-state index < -0.39 is 5.97 Å². The first kappa shape index (κ1) is 15.4. The van der Waals surface area contributed by atoms with Crippen molar-refractivity contribution in [2.24, 2.45) is 0 Å². The zero-order chi connectivity index (χ0) is 15.4. The molecule has 0 spiro atoms. The average Bonchev–Trinajstić information content (AvgIpc) is 2.90. The van der Waals surface area contributed by atoms with Gasteiger partial charge in [0.1, 0.15) is 0 Å². The molecule has 1 aromatic rings. The number of rotatable bonds is 5. The van der Waals surface area contributed by atoms with Crippen LogP contribution < -0.4 is 4.90 Å². The number of amides is 2. The Hall–Kier alpha value is -2.04. The smallest absolute Gasteiger partial charge is 0.335 e. The Labute approximate surface area is 125 Å². The van der Waals surface area contributed by atoms with Crippen molar-refractivity contribution in [2.75, 3.05) is 24.5 Å². The van der Waals surface area contributed by atoms with Crippen molar-refractivity contribution in [3.63, 3.8) is 0 Å². The summed E-state index contributed by atoms with van der Waals surface area (Å²) in [6, 6.07) is 5.01. The van der Waals surface area contributed by atoms with Gasteiger partial charge in [-0.05, 0) is 43.5 Å². The average molecular weight is 290 g/mol. The van der Waals surface area contributed by atoms with E-state index >= 15 is 0 Å². The number of benzene rings is 1. The second-order valence-corrected chi connectivity index (χ2v) is 5.27. The van der Waals surface area contributed by atoms with Gasteiger partial charge in [0.05, 0.1) is 5.56 Å². The first-order valence-corrected chi connectivity index (χ1v) is 7.51. The van der Waals surface area contributed by atoms with Crippen molar-refractivity contribution in [2.45, 2.75) is 33.1 Å². The van der Waals surface area contributed by atoms with Gasteiger partial charge in [-0.3, -0.25) is 4.90 Å². The van der Waals surface area contributed by atoms with E-state index in [0.29, 0.717) is 19.5 Å². The number of aromatic carboxylic acids is 1. The third kappa shape index (κ3) is 3.17.